The SMILES string of the molecule is CCCCCCCCCCCCCCc1n(C(C)C)cc[n+]1CCCC. The number of hydrogen-bond donors (Lipinski definition) is 0. The van der Waals surface area contributed by atoms with Crippen LogP contribution in [0, 0.1) is 0 Å². The van der Waals surface area contributed by atoms with Crippen molar-refractivity contribution in [2.45, 2.75) is 137 Å². The van der Waals surface area contributed by atoms with Gasteiger partial charge in [-0.05, 0) is 26.7 Å². The van der Waals surface area contributed by atoms with Gasteiger partial charge >= 0.3 is 0 Å². The summed E-state index contributed by atoms with van der Waals surface area (Å²) in [5, 5.41) is 0. The Labute approximate surface area is 164 Å². The highest BCUT2D eigenvalue weighted by Crippen LogP contribution is 2.14. The third kappa shape index (κ3) is 9.78. The third-order valence-electron chi connectivity index (χ3n) is 5.60. The molecule has 0 N–H and O–H groups in total. The number of aryl methyl sites for hydroxylation is 1. The van der Waals surface area contributed by atoms with Gasteiger partial charge < -0.3 is 0 Å². The molecule has 1 aromatic rings. The van der Waals surface area contributed by atoms with E-state index in [-0.39, 0.29) is 0 Å². The fourth-order valence-corrected chi connectivity index (χ4v) is 3.87. The third-order valence-corrected chi connectivity index (χ3v) is 5.60. The van der Waals surface area contributed by atoms with Gasteiger partial charge in [0, 0.05) is 6.42 Å². The van der Waals surface area contributed by atoms with E-state index in [9.17, 15) is 0 Å². The lowest BCUT2D eigenvalue weighted by Crippen LogP contribution is -2.37. The minimum absolute atomic E-state index is 0.574. The van der Waals surface area contributed by atoms with E-state index in [1.807, 2.05) is 0 Å². The normalized spacial score (nSPS) is 11.6. The van der Waals surface area contributed by atoms with E-state index in [0.29, 0.717) is 6.04 Å². The first-order valence-corrected chi connectivity index (χ1v) is 11.8. The Balaban J connectivity index is 2.12. The summed E-state index contributed by atoms with van der Waals surface area (Å²) in [4.78, 5) is 0. The van der Waals surface area contributed by atoms with Crippen molar-refractivity contribution in [1.82, 2.24) is 4.57 Å². The van der Waals surface area contributed by atoms with E-state index in [2.05, 4.69) is 49.2 Å². The largest absolute Gasteiger partial charge is 0.256 e. The van der Waals surface area contributed by atoms with Gasteiger partial charge in [0.25, 0.3) is 5.82 Å². The van der Waals surface area contributed by atoms with Gasteiger partial charge in [0.15, 0.2) is 0 Å². The maximum atomic E-state index is 2.50. The van der Waals surface area contributed by atoms with Gasteiger partial charge in [0.2, 0.25) is 0 Å². The smallest absolute Gasteiger partial charge is 0.234 e. The summed E-state index contributed by atoms with van der Waals surface area (Å²) < 4.78 is 4.98. The number of aromatic nitrogens is 2. The zero-order chi connectivity index (χ0) is 19.0. The number of rotatable bonds is 17. The molecule has 0 radical (unpaired) electrons. The molecular weight excluding hydrogens is 316 g/mol. The topological polar surface area (TPSA) is 8.81 Å². The van der Waals surface area contributed by atoms with Gasteiger partial charge in [-0.25, -0.2) is 9.13 Å². The van der Waals surface area contributed by atoms with Crippen LogP contribution in [-0.4, -0.2) is 4.57 Å². The molecule has 0 fully saturated rings. The second kappa shape index (κ2) is 15.3. The fourth-order valence-electron chi connectivity index (χ4n) is 3.87. The predicted octanol–water partition coefficient (Wildman–Crippen LogP) is 7.40. The fraction of sp³-hybridized carbons (Fsp3) is 0.875. The van der Waals surface area contributed by atoms with Gasteiger partial charge in [0.1, 0.15) is 12.4 Å². The van der Waals surface area contributed by atoms with Crippen LogP contribution in [0.4, 0.5) is 0 Å². The van der Waals surface area contributed by atoms with Crippen molar-refractivity contribution in [3.8, 4) is 0 Å². The van der Waals surface area contributed by atoms with Crippen molar-refractivity contribution in [3.05, 3.63) is 18.2 Å². The Morgan fingerprint density at radius 1 is 0.731 bits per heavy atom. The minimum atomic E-state index is 0.574. The number of hydrogen-bond acceptors (Lipinski definition) is 0. The minimum Gasteiger partial charge on any atom is -0.234 e. The highest BCUT2D eigenvalue weighted by atomic mass is 15.2. The number of imidazole rings is 1. The van der Waals surface area contributed by atoms with Crippen LogP contribution in [0.15, 0.2) is 12.4 Å². The Bertz CT molecular complexity index is 433. The molecule has 0 aliphatic rings. The zero-order valence-corrected chi connectivity index (χ0v) is 18.4. The maximum absolute atomic E-state index is 2.50. The molecule has 0 aliphatic heterocycles. The molecule has 0 aliphatic carbocycles. The van der Waals surface area contributed by atoms with Crippen LogP contribution in [0.1, 0.15) is 129 Å². The molecule has 1 heterocycles. The van der Waals surface area contributed by atoms with Gasteiger partial charge in [-0.1, -0.05) is 90.9 Å². The average molecular weight is 364 g/mol. The van der Waals surface area contributed by atoms with Crippen LogP contribution in [0.5, 0.6) is 0 Å². The van der Waals surface area contributed by atoms with Crippen LogP contribution in [0.2, 0.25) is 0 Å². The molecule has 1 aromatic heterocycles. The van der Waals surface area contributed by atoms with Crippen LogP contribution in [-0.2, 0) is 13.0 Å². The van der Waals surface area contributed by atoms with Crippen molar-refractivity contribution in [2.24, 2.45) is 0 Å². The van der Waals surface area contributed by atoms with E-state index >= 15 is 0 Å². The molecule has 0 unspecified atom stereocenters. The molecule has 0 spiro atoms. The van der Waals surface area contributed by atoms with Gasteiger partial charge in [0.05, 0.1) is 12.6 Å². The summed E-state index contributed by atoms with van der Waals surface area (Å²) in [7, 11) is 0. The summed E-state index contributed by atoms with van der Waals surface area (Å²) in [6, 6.07) is 0.574. The van der Waals surface area contributed by atoms with Gasteiger partial charge in [-0.3, -0.25) is 0 Å². The Hall–Kier alpha value is -0.790. The van der Waals surface area contributed by atoms with Crippen LogP contribution < -0.4 is 4.57 Å². The summed E-state index contributed by atoms with van der Waals surface area (Å²) >= 11 is 0. The molecule has 152 valence electrons. The highest BCUT2D eigenvalue weighted by Gasteiger charge is 2.18. The Morgan fingerprint density at radius 2 is 1.23 bits per heavy atom. The standard InChI is InChI=1S/C24H47N2/c1-5-7-9-10-11-12-13-14-15-16-17-18-19-24-25(20-8-6-2)21-22-26(24)23(3)4/h21-23H,5-20H2,1-4H3/q+1. The molecule has 0 bridgehead atoms. The van der Waals surface area contributed by atoms with Crippen molar-refractivity contribution < 1.29 is 4.57 Å². The van der Waals surface area contributed by atoms with E-state index in [4.69, 9.17) is 0 Å². The zero-order valence-electron chi connectivity index (χ0n) is 18.4. The lowest BCUT2D eigenvalue weighted by Gasteiger charge is -2.08. The quantitative estimate of drug-likeness (QED) is 0.201. The molecular formula is C24H47N2+. The lowest BCUT2D eigenvalue weighted by atomic mass is 10.0. The van der Waals surface area contributed by atoms with E-state index < -0.39 is 0 Å². The molecule has 0 aromatic carbocycles. The molecule has 26 heavy (non-hydrogen) atoms. The summed E-state index contributed by atoms with van der Waals surface area (Å²) in [6.07, 6.45) is 25.5. The van der Waals surface area contributed by atoms with Crippen LogP contribution in [0.3, 0.4) is 0 Å². The molecule has 0 amide bonds. The highest BCUT2D eigenvalue weighted by molar-refractivity contribution is 4.86. The number of nitrogens with zero attached hydrogens (tertiary/aromatic N) is 2. The Morgan fingerprint density at radius 3 is 1.73 bits per heavy atom. The van der Waals surface area contributed by atoms with Gasteiger partial charge in [-0.2, -0.15) is 0 Å². The summed E-state index contributed by atoms with van der Waals surface area (Å²) in [5.74, 6) is 1.54. The summed E-state index contributed by atoms with van der Waals surface area (Å²) in [5.41, 5.74) is 0. The van der Waals surface area contributed by atoms with E-state index in [1.54, 1.807) is 5.82 Å². The van der Waals surface area contributed by atoms with Gasteiger partial charge in [-0.15, -0.1) is 0 Å². The molecule has 1 rings (SSSR count). The summed E-state index contributed by atoms with van der Waals surface area (Å²) in [6.45, 7) is 10.4. The first kappa shape index (κ1) is 23.2. The molecule has 0 atom stereocenters. The average Bonchev–Trinajstić information content (AvgIpc) is 3.04. The van der Waals surface area contributed by atoms with Crippen molar-refractivity contribution >= 4 is 0 Å². The van der Waals surface area contributed by atoms with Crippen molar-refractivity contribution in [3.63, 3.8) is 0 Å². The second-order valence-corrected chi connectivity index (χ2v) is 8.40. The monoisotopic (exact) mass is 363 g/mol. The van der Waals surface area contributed by atoms with Crippen molar-refractivity contribution in [2.75, 3.05) is 0 Å². The van der Waals surface area contributed by atoms with Crippen LogP contribution >= 0.6 is 0 Å². The lowest BCUT2D eigenvalue weighted by molar-refractivity contribution is -0.704. The molecule has 0 saturated carbocycles. The first-order valence-electron chi connectivity index (χ1n) is 11.8. The van der Waals surface area contributed by atoms with E-state index in [0.717, 1.165) is 0 Å². The van der Waals surface area contributed by atoms with Crippen LogP contribution in [0.25, 0.3) is 0 Å². The molecule has 2 nitrogen and oxygen atoms in total. The van der Waals surface area contributed by atoms with Crippen molar-refractivity contribution in [1.29, 1.82) is 0 Å². The Kier molecular flexibility index (Phi) is 13.7. The maximum Gasteiger partial charge on any atom is 0.256 e. The van der Waals surface area contributed by atoms with E-state index in [1.165, 1.54) is 103 Å². The molecule has 2 heteroatoms. The molecule has 0 saturated heterocycles. The predicted molar refractivity (Wildman–Crippen MR) is 115 cm³/mol. The number of unbranched alkanes of at least 4 members (excludes halogenated alkanes) is 12. The second-order valence-electron chi connectivity index (χ2n) is 8.40. The first-order chi connectivity index (χ1) is 12.7.